The zero-order valence-electron chi connectivity index (χ0n) is 13.8. The Balaban J connectivity index is 0.00000242. The van der Waals surface area contributed by atoms with Gasteiger partial charge in [0.25, 0.3) is 0 Å². The SMILES string of the molecule is CCc1cccc(C)c1NC(=O)CN1CCC(C)(CN)C1.Cl. The van der Waals surface area contributed by atoms with E-state index in [1.165, 1.54) is 5.56 Å². The van der Waals surface area contributed by atoms with Crippen LogP contribution in [0.1, 0.15) is 31.4 Å². The van der Waals surface area contributed by atoms with Gasteiger partial charge in [0, 0.05) is 12.2 Å². The van der Waals surface area contributed by atoms with Crippen LogP contribution in [-0.4, -0.2) is 37.0 Å². The third kappa shape index (κ3) is 4.45. The molecule has 0 radical (unpaired) electrons. The lowest BCUT2D eigenvalue weighted by Crippen LogP contribution is -2.35. The average molecular weight is 326 g/mol. The highest BCUT2D eigenvalue weighted by molar-refractivity contribution is 5.93. The molecule has 1 saturated heterocycles. The molecule has 0 spiro atoms. The zero-order chi connectivity index (χ0) is 15.5. The summed E-state index contributed by atoms with van der Waals surface area (Å²) in [5.41, 5.74) is 9.27. The summed E-state index contributed by atoms with van der Waals surface area (Å²) in [5, 5.41) is 3.09. The molecule has 1 aromatic carbocycles. The van der Waals surface area contributed by atoms with E-state index in [-0.39, 0.29) is 23.7 Å². The first kappa shape index (κ1) is 18.9. The van der Waals surface area contributed by atoms with Crippen molar-refractivity contribution < 1.29 is 4.79 Å². The fraction of sp³-hybridized carbons (Fsp3) is 0.588. The van der Waals surface area contributed by atoms with Gasteiger partial charge in [-0.25, -0.2) is 0 Å². The molecule has 5 heteroatoms. The Hall–Kier alpha value is -1.10. The summed E-state index contributed by atoms with van der Waals surface area (Å²) in [6.45, 7) is 9.34. The van der Waals surface area contributed by atoms with E-state index in [9.17, 15) is 4.79 Å². The van der Waals surface area contributed by atoms with E-state index in [0.717, 1.165) is 37.2 Å². The Morgan fingerprint density at radius 2 is 2.18 bits per heavy atom. The molecule has 1 heterocycles. The van der Waals surface area contributed by atoms with Gasteiger partial charge in [-0.05, 0) is 49.4 Å². The minimum atomic E-state index is 0. The quantitative estimate of drug-likeness (QED) is 0.875. The van der Waals surface area contributed by atoms with Crippen LogP contribution >= 0.6 is 12.4 Å². The van der Waals surface area contributed by atoms with Gasteiger partial charge in [-0.15, -0.1) is 12.4 Å². The monoisotopic (exact) mass is 325 g/mol. The minimum Gasteiger partial charge on any atom is -0.330 e. The number of nitrogens with zero attached hydrogens (tertiary/aromatic N) is 1. The largest absolute Gasteiger partial charge is 0.330 e. The Bertz CT molecular complexity index is 521. The fourth-order valence-electron chi connectivity index (χ4n) is 3.01. The normalized spacial score (nSPS) is 21.5. The average Bonchev–Trinajstić information content (AvgIpc) is 2.83. The van der Waals surface area contributed by atoms with E-state index >= 15 is 0 Å². The van der Waals surface area contributed by atoms with E-state index < -0.39 is 0 Å². The van der Waals surface area contributed by atoms with Crippen LogP contribution in [0.15, 0.2) is 18.2 Å². The third-order valence-electron chi connectivity index (χ3n) is 4.50. The summed E-state index contributed by atoms with van der Waals surface area (Å²) in [6.07, 6.45) is 1.99. The number of benzene rings is 1. The molecule has 0 saturated carbocycles. The third-order valence-corrected chi connectivity index (χ3v) is 4.50. The molecular formula is C17H28ClN3O. The highest BCUT2D eigenvalue weighted by Gasteiger charge is 2.33. The number of amides is 1. The molecule has 3 N–H and O–H groups in total. The number of nitrogens with one attached hydrogen (secondary N) is 1. The molecular weight excluding hydrogens is 298 g/mol. The number of carbonyl (C=O) groups excluding carboxylic acids is 1. The molecule has 1 aromatic rings. The van der Waals surface area contributed by atoms with Crippen molar-refractivity contribution in [2.75, 3.05) is 31.5 Å². The zero-order valence-corrected chi connectivity index (χ0v) is 14.6. The van der Waals surface area contributed by atoms with Crippen LogP contribution in [0.25, 0.3) is 0 Å². The van der Waals surface area contributed by atoms with Gasteiger partial charge < -0.3 is 11.1 Å². The summed E-state index contributed by atoms with van der Waals surface area (Å²) in [5.74, 6) is 0.0697. The Labute approximate surface area is 139 Å². The Morgan fingerprint density at radius 3 is 2.77 bits per heavy atom. The molecule has 0 aliphatic carbocycles. The lowest BCUT2D eigenvalue weighted by molar-refractivity contribution is -0.117. The van der Waals surface area contributed by atoms with Crippen molar-refractivity contribution in [1.29, 1.82) is 0 Å². The second-order valence-electron chi connectivity index (χ2n) is 6.49. The Morgan fingerprint density at radius 1 is 1.45 bits per heavy atom. The highest BCUT2D eigenvalue weighted by atomic mass is 35.5. The summed E-state index contributed by atoms with van der Waals surface area (Å²) >= 11 is 0. The van der Waals surface area contributed by atoms with Crippen LogP contribution in [0, 0.1) is 12.3 Å². The number of aryl methyl sites for hydroxylation is 2. The van der Waals surface area contributed by atoms with Gasteiger partial charge in [0.05, 0.1) is 6.54 Å². The second-order valence-corrected chi connectivity index (χ2v) is 6.49. The first-order valence-electron chi connectivity index (χ1n) is 7.78. The molecule has 1 atom stereocenters. The summed E-state index contributed by atoms with van der Waals surface area (Å²) in [4.78, 5) is 14.5. The van der Waals surface area contributed by atoms with Gasteiger partial charge in [0.15, 0.2) is 0 Å². The van der Waals surface area contributed by atoms with Crippen LogP contribution < -0.4 is 11.1 Å². The van der Waals surface area contributed by atoms with Crippen molar-refractivity contribution in [1.82, 2.24) is 4.90 Å². The Kier molecular flexibility index (Phi) is 6.85. The standard InChI is InChI=1S/C17H27N3O.ClH/c1-4-14-7-5-6-13(2)16(14)19-15(21)10-20-9-8-17(3,11-18)12-20;/h5-7H,4,8-12,18H2,1-3H3,(H,19,21);1H. The molecule has 0 aromatic heterocycles. The smallest absolute Gasteiger partial charge is 0.238 e. The van der Waals surface area contributed by atoms with Gasteiger partial charge in [-0.2, -0.15) is 0 Å². The van der Waals surface area contributed by atoms with E-state index in [1.54, 1.807) is 0 Å². The first-order chi connectivity index (χ1) is 9.97. The van der Waals surface area contributed by atoms with Crippen molar-refractivity contribution in [3.63, 3.8) is 0 Å². The van der Waals surface area contributed by atoms with Crippen LogP contribution in [0.5, 0.6) is 0 Å². The molecule has 1 unspecified atom stereocenters. The number of rotatable bonds is 5. The van der Waals surface area contributed by atoms with Crippen LogP contribution in [0.4, 0.5) is 5.69 Å². The number of nitrogens with two attached hydrogens (primary N) is 1. The van der Waals surface area contributed by atoms with Crippen molar-refractivity contribution >= 4 is 24.0 Å². The number of hydrogen-bond donors (Lipinski definition) is 2. The van der Waals surface area contributed by atoms with Gasteiger partial charge in [-0.1, -0.05) is 32.0 Å². The maximum absolute atomic E-state index is 12.3. The molecule has 1 fully saturated rings. The molecule has 1 amide bonds. The van der Waals surface area contributed by atoms with E-state index in [4.69, 9.17) is 5.73 Å². The van der Waals surface area contributed by atoms with E-state index in [2.05, 4.69) is 30.1 Å². The molecule has 0 bridgehead atoms. The maximum atomic E-state index is 12.3. The number of para-hydroxylation sites is 1. The highest BCUT2D eigenvalue weighted by Crippen LogP contribution is 2.28. The van der Waals surface area contributed by atoms with Crippen molar-refractivity contribution in [2.24, 2.45) is 11.1 Å². The number of carbonyl (C=O) groups is 1. The fourth-order valence-corrected chi connectivity index (χ4v) is 3.01. The van der Waals surface area contributed by atoms with Gasteiger partial charge in [0.2, 0.25) is 5.91 Å². The molecule has 1 aliphatic rings. The van der Waals surface area contributed by atoms with Crippen LogP contribution in [-0.2, 0) is 11.2 Å². The maximum Gasteiger partial charge on any atom is 0.238 e. The molecule has 124 valence electrons. The summed E-state index contributed by atoms with van der Waals surface area (Å²) < 4.78 is 0. The predicted octanol–water partition coefficient (Wildman–Crippen LogP) is 2.59. The number of hydrogen-bond acceptors (Lipinski definition) is 3. The molecule has 1 aliphatic heterocycles. The molecule has 22 heavy (non-hydrogen) atoms. The van der Waals surface area contributed by atoms with Crippen molar-refractivity contribution in [3.8, 4) is 0 Å². The van der Waals surface area contributed by atoms with Crippen LogP contribution in [0.3, 0.4) is 0 Å². The predicted molar refractivity (Wildman–Crippen MR) is 94.7 cm³/mol. The molecule has 2 rings (SSSR count). The van der Waals surface area contributed by atoms with Crippen LogP contribution in [0.2, 0.25) is 0 Å². The summed E-state index contributed by atoms with van der Waals surface area (Å²) in [7, 11) is 0. The van der Waals surface area contributed by atoms with Gasteiger partial charge in [0.1, 0.15) is 0 Å². The number of likely N-dealkylation sites (tertiary alicyclic amines) is 1. The number of halogens is 1. The first-order valence-corrected chi connectivity index (χ1v) is 7.78. The second kappa shape index (κ2) is 7.95. The summed E-state index contributed by atoms with van der Waals surface area (Å²) in [6, 6.07) is 6.15. The van der Waals surface area contributed by atoms with Crippen molar-refractivity contribution in [2.45, 2.75) is 33.6 Å². The topological polar surface area (TPSA) is 58.4 Å². The minimum absolute atomic E-state index is 0. The molecule has 4 nitrogen and oxygen atoms in total. The van der Waals surface area contributed by atoms with Gasteiger partial charge in [-0.3, -0.25) is 9.69 Å². The van der Waals surface area contributed by atoms with Gasteiger partial charge >= 0.3 is 0 Å². The van der Waals surface area contributed by atoms with Crippen molar-refractivity contribution in [3.05, 3.63) is 29.3 Å². The lowest BCUT2D eigenvalue weighted by atomic mass is 9.90. The number of anilines is 1. The van der Waals surface area contributed by atoms with E-state index in [1.807, 2.05) is 19.1 Å². The lowest BCUT2D eigenvalue weighted by Gasteiger charge is -2.22. The van der Waals surface area contributed by atoms with E-state index in [0.29, 0.717) is 13.1 Å².